The molecule has 0 aliphatic heterocycles. The molecule has 0 bridgehead atoms. The van der Waals surface area contributed by atoms with Gasteiger partial charge in [0.15, 0.2) is 6.61 Å². The van der Waals surface area contributed by atoms with Gasteiger partial charge in [-0.1, -0.05) is 17.7 Å². The molecule has 2 aromatic rings. The lowest BCUT2D eigenvalue weighted by atomic mass is 10.2. The first-order chi connectivity index (χ1) is 15.3. The summed E-state index contributed by atoms with van der Waals surface area (Å²) in [5.41, 5.74) is -2.48. The lowest BCUT2D eigenvalue weighted by Crippen LogP contribution is -2.22. The van der Waals surface area contributed by atoms with E-state index in [1.165, 1.54) is 6.07 Å². The van der Waals surface area contributed by atoms with E-state index in [4.69, 9.17) is 11.6 Å². The molecular formula is C20H15ClF6N2O4. The fraction of sp³-hybridized carbons (Fsp3) is 0.250. The summed E-state index contributed by atoms with van der Waals surface area (Å²) in [7, 11) is 0. The summed E-state index contributed by atoms with van der Waals surface area (Å²) in [6.45, 7) is -0.860. The first kappa shape index (κ1) is 26.0. The minimum atomic E-state index is -4.66. The largest absolute Gasteiger partial charge is 0.456 e. The predicted molar refractivity (Wildman–Crippen MR) is 105 cm³/mol. The van der Waals surface area contributed by atoms with Crippen LogP contribution in [0.5, 0.6) is 0 Å². The van der Waals surface area contributed by atoms with E-state index in [0.29, 0.717) is 6.07 Å². The molecule has 0 aliphatic carbocycles. The third-order valence-corrected chi connectivity index (χ3v) is 4.29. The van der Waals surface area contributed by atoms with Crippen LogP contribution in [0.2, 0.25) is 5.02 Å². The van der Waals surface area contributed by atoms with Crippen LogP contribution in [-0.2, 0) is 31.5 Å². The Morgan fingerprint density at radius 1 is 0.818 bits per heavy atom. The van der Waals surface area contributed by atoms with Gasteiger partial charge in [0.05, 0.1) is 28.3 Å². The van der Waals surface area contributed by atoms with Crippen LogP contribution >= 0.6 is 11.6 Å². The minimum Gasteiger partial charge on any atom is -0.456 e. The molecule has 0 aromatic heterocycles. The molecule has 0 unspecified atom stereocenters. The molecule has 2 amide bonds. The van der Waals surface area contributed by atoms with Gasteiger partial charge >= 0.3 is 18.3 Å². The predicted octanol–water partition coefficient (Wildman–Crippen LogP) is 5.28. The van der Waals surface area contributed by atoms with Crippen LogP contribution in [0.4, 0.5) is 37.7 Å². The number of anilines is 2. The first-order valence-corrected chi connectivity index (χ1v) is 9.43. The number of rotatable bonds is 7. The Kier molecular flexibility index (Phi) is 8.31. The van der Waals surface area contributed by atoms with E-state index in [1.807, 2.05) is 0 Å². The summed E-state index contributed by atoms with van der Waals surface area (Å²) in [5, 5.41) is 4.10. The van der Waals surface area contributed by atoms with Crippen LogP contribution in [0, 0.1) is 0 Å². The van der Waals surface area contributed by atoms with E-state index in [9.17, 15) is 40.7 Å². The van der Waals surface area contributed by atoms with Gasteiger partial charge in [-0.2, -0.15) is 26.3 Å². The maximum Gasteiger partial charge on any atom is 0.416 e. The van der Waals surface area contributed by atoms with Crippen LogP contribution in [0.15, 0.2) is 42.5 Å². The fourth-order valence-corrected chi connectivity index (χ4v) is 2.58. The third-order valence-electron chi connectivity index (χ3n) is 3.96. The van der Waals surface area contributed by atoms with Crippen LogP contribution in [0.3, 0.4) is 0 Å². The molecule has 0 radical (unpaired) electrons. The van der Waals surface area contributed by atoms with Crippen molar-refractivity contribution in [1.82, 2.24) is 0 Å². The number of amides is 2. The van der Waals surface area contributed by atoms with Crippen molar-refractivity contribution in [3.8, 4) is 0 Å². The topological polar surface area (TPSA) is 84.5 Å². The number of hydrogen-bond donors (Lipinski definition) is 2. The van der Waals surface area contributed by atoms with E-state index in [-0.39, 0.29) is 16.4 Å². The van der Waals surface area contributed by atoms with Crippen LogP contribution in [0.25, 0.3) is 0 Å². The van der Waals surface area contributed by atoms with Crippen LogP contribution < -0.4 is 10.6 Å². The Morgan fingerprint density at radius 3 is 2.09 bits per heavy atom. The van der Waals surface area contributed by atoms with Gasteiger partial charge in [0, 0.05) is 12.1 Å². The summed E-state index contributed by atoms with van der Waals surface area (Å²) < 4.78 is 80.9. The maximum atomic E-state index is 12.7. The Morgan fingerprint density at radius 2 is 1.45 bits per heavy atom. The lowest BCUT2D eigenvalue weighted by molar-refractivity contribution is -0.147. The molecule has 0 spiro atoms. The van der Waals surface area contributed by atoms with Crippen molar-refractivity contribution in [2.75, 3.05) is 17.2 Å². The van der Waals surface area contributed by atoms with E-state index >= 15 is 0 Å². The highest BCUT2D eigenvalue weighted by molar-refractivity contribution is 6.33. The zero-order chi connectivity index (χ0) is 24.8. The molecular weight excluding hydrogens is 482 g/mol. The summed E-state index contributed by atoms with van der Waals surface area (Å²) in [6.07, 6.45) is -10.2. The van der Waals surface area contributed by atoms with Crippen molar-refractivity contribution in [2.45, 2.75) is 25.2 Å². The fourth-order valence-electron chi connectivity index (χ4n) is 2.41. The molecule has 13 heteroatoms. The minimum absolute atomic E-state index is 0.125. The quantitative estimate of drug-likeness (QED) is 0.403. The molecule has 6 nitrogen and oxygen atoms in total. The highest BCUT2D eigenvalue weighted by Gasteiger charge is 2.31. The van der Waals surface area contributed by atoms with Crippen LogP contribution in [-0.4, -0.2) is 24.4 Å². The summed E-state index contributed by atoms with van der Waals surface area (Å²) >= 11 is 5.74. The number of carbonyl (C=O) groups excluding carboxylic acids is 3. The monoisotopic (exact) mass is 496 g/mol. The van der Waals surface area contributed by atoms with Gasteiger partial charge in [0.25, 0.3) is 5.91 Å². The van der Waals surface area contributed by atoms with Crippen molar-refractivity contribution in [1.29, 1.82) is 0 Å². The highest BCUT2D eigenvalue weighted by Crippen LogP contribution is 2.34. The van der Waals surface area contributed by atoms with Gasteiger partial charge in [0.1, 0.15) is 0 Å². The molecule has 0 fully saturated rings. The number of ether oxygens (including phenoxy) is 1. The Bertz CT molecular complexity index is 1040. The second-order valence-corrected chi connectivity index (χ2v) is 6.94. The third kappa shape index (κ3) is 8.29. The summed E-state index contributed by atoms with van der Waals surface area (Å²) in [5.74, 6) is -2.73. The second kappa shape index (κ2) is 10.6. The molecule has 2 rings (SSSR count). The zero-order valence-electron chi connectivity index (χ0n) is 16.4. The average molecular weight is 497 g/mol. The van der Waals surface area contributed by atoms with Crippen molar-refractivity contribution in [3.63, 3.8) is 0 Å². The Labute approximate surface area is 187 Å². The number of carbonyl (C=O) groups is 3. The molecule has 33 heavy (non-hydrogen) atoms. The van der Waals surface area contributed by atoms with Gasteiger partial charge in [-0.05, 0) is 36.4 Å². The van der Waals surface area contributed by atoms with Gasteiger partial charge < -0.3 is 15.4 Å². The smallest absolute Gasteiger partial charge is 0.416 e. The maximum absolute atomic E-state index is 12.7. The Hall–Kier alpha value is -3.28. The number of halogens is 7. The Balaban J connectivity index is 1.80. The number of alkyl halides is 6. The van der Waals surface area contributed by atoms with E-state index in [1.54, 1.807) is 0 Å². The molecule has 0 atom stereocenters. The molecule has 0 heterocycles. The SMILES string of the molecule is O=C(CCC(=O)OCC(=O)Nc1cc(C(F)(F)F)ccc1Cl)Nc1cccc(C(F)(F)F)c1. The van der Waals surface area contributed by atoms with Crippen molar-refractivity contribution in [3.05, 3.63) is 58.6 Å². The van der Waals surface area contributed by atoms with Gasteiger partial charge in [-0.15, -0.1) is 0 Å². The normalized spacial score (nSPS) is 11.6. The molecule has 0 saturated carbocycles. The van der Waals surface area contributed by atoms with Gasteiger partial charge in [-0.3, -0.25) is 14.4 Å². The molecule has 178 valence electrons. The van der Waals surface area contributed by atoms with E-state index in [2.05, 4.69) is 15.4 Å². The first-order valence-electron chi connectivity index (χ1n) is 9.05. The average Bonchev–Trinajstić information content (AvgIpc) is 2.71. The zero-order valence-corrected chi connectivity index (χ0v) is 17.2. The number of esters is 1. The highest BCUT2D eigenvalue weighted by atomic mass is 35.5. The lowest BCUT2D eigenvalue weighted by Gasteiger charge is -2.12. The van der Waals surface area contributed by atoms with Crippen LogP contribution in [0.1, 0.15) is 24.0 Å². The van der Waals surface area contributed by atoms with E-state index < -0.39 is 60.7 Å². The molecule has 2 N–H and O–H groups in total. The molecule has 0 saturated heterocycles. The standard InChI is InChI=1S/C20H15ClF6N2O4/c21-14-5-4-12(20(25,26)27)9-15(14)29-17(31)10-33-18(32)7-6-16(30)28-13-3-1-2-11(8-13)19(22,23)24/h1-5,8-9H,6-7,10H2,(H,28,30)(H,29,31). The second-order valence-electron chi connectivity index (χ2n) is 6.53. The molecule has 2 aromatic carbocycles. The van der Waals surface area contributed by atoms with Crippen molar-refractivity contribution >= 4 is 40.8 Å². The van der Waals surface area contributed by atoms with E-state index in [0.717, 1.165) is 30.3 Å². The summed E-state index contributed by atoms with van der Waals surface area (Å²) in [6, 6.07) is 6.15. The number of benzene rings is 2. The van der Waals surface area contributed by atoms with Crippen molar-refractivity contribution in [2.24, 2.45) is 0 Å². The van der Waals surface area contributed by atoms with Crippen molar-refractivity contribution < 1.29 is 45.5 Å². The number of hydrogen-bond acceptors (Lipinski definition) is 4. The molecule has 0 aliphatic rings. The summed E-state index contributed by atoms with van der Waals surface area (Å²) in [4.78, 5) is 35.3. The number of nitrogens with one attached hydrogen (secondary N) is 2. The van der Waals surface area contributed by atoms with Gasteiger partial charge in [-0.25, -0.2) is 0 Å². The van der Waals surface area contributed by atoms with Gasteiger partial charge in [0.2, 0.25) is 5.91 Å².